The molecule has 172 valence electrons. The normalized spacial score (nSPS) is 12.1. The number of hydrogen-bond acceptors (Lipinski definition) is 7. The van der Waals surface area contributed by atoms with Crippen molar-refractivity contribution in [3.8, 4) is 11.8 Å². The van der Waals surface area contributed by atoms with Gasteiger partial charge < -0.3 is 4.57 Å². The first-order chi connectivity index (χ1) is 15.5. The Bertz CT molecular complexity index is 1380. The number of anilines is 1. The van der Waals surface area contributed by atoms with Crippen LogP contribution in [0.25, 0.3) is 11.8 Å². The van der Waals surface area contributed by atoms with E-state index >= 15 is 0 Å². The lowest BCUT2D eigenvalue weighted by molar-refractivity contribution is -0.112. The Morgan fingerprint density at radius 3 is 2.64 bits per heavy atom. The molecule has 1 amide bonds. The van der Waals surface area contributed by atoms with Crippen LogP contribution in [0.15, 0.2) is 41.1 Å². The molecule has 0 saturated carbocycles. The second-order valence-electron chi connectivity index (χ2n) is 8.18. The minimum Gasteiger partial charge on any atom is -0.318 e. The van der Waals surface area contributed by atoms with Crippen molar-refractivity contribution >= 4 is 38.5 Å². The molecule has 0 fully saturated rings. The van der Waals surface area contributed by atoms with E-state index in [1.807, 2.05) is 51.1 Å². The van der Waals surface area contributed by atoms with E-state index in [4.69, 9.17) is 0 Å². The van der Waals surface area contributed by atoms with Gasteiger partial charge in [0, 0.05) is 28.6 Å². The van der Waals surface area contributed by atoms with E-state index in [0.29, 0.717) is 0 Å². The molecule has 1 N–H and O–H groups in total. The first-order valence-corrected chi connectivity index (χ1v) is 12.7. The molecule has 0 spiro atoms. The molecule has 0 bridgehead atoms. The molecule has 0 unspecified atom stereocenters. The van der Waals surface area contributed by atoms with Crippen molar-refractivity contribution in [2.75, 3.05) is 11.1 Å². The fourth-order valence-corrected chi connectivity index (χ4v) is 5.82. The van der Waals surface area contributed by atoms with E-state index in [2.05, 4.69) is 25.3 Å². The largest absolute Gasteiger partial charge is 0.318 e. The van der Waals surface area contributed by atoms with Crippen LogP contribution in [0.2, 0.25) is 0 Å². The fraction of sp³-hybridized carbons (Fsp3) is 0.304. The van der Waals surface area contributed by atoms with Gasteiger partial charge in [-0.05, 0) is 62.1 Å². The van der Waals surface area contributed by atoms with Crippen LogP contribution in [0.5, 0.6) is 0 Å². The highest BCUT2D eigenvalue weighted by Gasteiger charge is 2.23. The molecule has 0 aliphatic heterocycles. The number of nitrogens with zero attached hydrogens (tertiary/aromatic N) is 4. The van der Waals surface area contributed by atoms with Crippen molar-refractivity contribution in [2.45, 2.75) is 39.8 Å². The zero-order chi connectivity index (χ0) is 24.3. The fourth-order valence-electron chi connectivity index (χ4n) is 3.47. The second kappa shape index (κ2) is 9.68. The molecule has 2 aromatic heterocycles. The summed E-state index contributed by atoms with van der Waals surface area (Å²) in [6.45, 7) is 9.46. The van der Waals surface area contributed by atoms with Crippen LogP contribution in [-0.4, -0.2) is 34.0 Å². The standard InChI is InChI=1S/C23H25N5O3S2/c1-14(2)13-33(30,31)23-26-22(32-27-23)25-21(29)19(12-24)11-18-10-16(4)28(17(18)5)20-8-6-7-15(3)9-20/h6-11,14H,13H2,1-5H3,(H,25,26,27,29). The van der Waals surface area contributed by atoms with Crippen molar-refractivity contribution < 1.29 is 13.2 Å². The first kappa shape index (κ1) is 24.4. The molecular formula is C23H25N5O3S2. The Balaban J connectivity index is 1.86. The minimum absolute atomic E-state index is 0.0220. The zero-order valence-electron chi connectivity index (χ0n) is 19.1. The van der Waals surface area contributed by atoms with Crippen LogP contribution in [0, 0.1) is 38.0 Å². The summed E-state index contributed by atoms with van der Waals surface area (Å²) < 4.78 is 30.5. The molecule has 0 radical (unpaired) electrons. The number of nitriles is 1. The number of nitrogens with one attached hydrogen (secondary N) is 1. The highest BCUT2D eigenvalue weighted by atomic mass is 32.2. The highest BCUT2D eigenvalue weighted by Crippen LogP contribution is 2.24. The van der Waals surface area contributed by atoms with Crippen molar-refractivity contribution in [1.29, 1.82) is 5.26 Å². The van der Waals surface area contributed by atoms with E-state index < -0.39 is 15.7 Å². The molecule has 0 atom stereocenters. The lowest BCUT2D eigenvalue weighted by Gasteiger charge is -2.10. The zero-order valence-corrected chi connectivity index (χ0v) is 20.7. The van der Waals surface area contributed by atoms with Gasteiger partial charge in [-0.15, -0.1) is 0 Å². The van der Waals surface area contributed by atoms with Gasteiger partial charge in [-0.3, -0.25) is 10.1 Å². The number of rotatable bonds is 7. The molecule has 3 rings (SSSR count). The average Bonchev–Trinajstić information content (AvgIpc) is 3.29. The SMILES string of the molecule is Cc1cccc(-n2c(C)cc(C=C(C#N)C(=O)Nc3nc(S(=O)(=O)CC(C)C)ns3)c2C)c1. The lowest BCUT2D eigenvalue weighted by atomic mass is 10.1. The van der Waals surface area contributed by atoms with Gasteiger partial charge in [-0.25, -0.2) is 8.42 Å². The Labute approximate surface area is 197 Å². The van der Waals surface area contributed by atoms with E-state index in [0.717, 1.165) is 39.7 Å². The Kier molecular flexibility index (Phi) is 7.15. The molecular weight excluding hydrogens is 458 g/mol. The monoisotopic (exact) mass is 483 g/mol. The van der Waals surface area contributed by atoms with Gasteiger partial charge in [0.25, 0.3) is 11.1 Å². The maximum atomic E-state index is 12.7. The summed E-state index contributed by atoms with van der Waals surface area (Å²) >= 11 is 0.761. The quantitative estimate of drug-likeness (QED) is 0.397. The van der Waals surface area contributed by atoms with Crippen LogP contribution in [-0.2, 0) is 14.6 Å². The molecule has 2 heterocycles. The molecule has 10 heteroatoms. The van der Waals surface area contributed by atoms with Crippen molar-refractivity contribution in [3.63, 3.8) is 0 Å². The maximum absolute atomic E-state index is 12.7. The second-order valence-corrected chi connectivity index (χ2v) is 10.9. The number of amides is 1. The minimum atomic E-state index is -3.63. The summed E-state index contributed by atoms with van der Waals surface area (Å²) in [5.74, 6) is -0.845. The molecule has 0 saturated heterocycles. The topological polar surface area (TPSA) is 118 Å². The first-order valence-electron chi connectivity index (χ1n) is 10.3. The number of aryl methyl sites for hydroxylation is 2. The Morgan fingerprint density at radius 1 is 1.27 bits per heavy atom. The molecule has 3 aromatic rings. The Morgan fingerprint density at radius 2 is 2.00 bits per heavy atom. The predicted molar refractivity (Wildman–Crippen MR) is 129 cm³/mol. The lowest BCUT2D eigenvalue weighted by Crippen LogP contribution is -2.15. The number of carbonyl (C=O) groups is 1. The summed E-state index contributed by atoms with van der Waals surface area (Å²) in [6, 6.07) is 11.9. The molecule has 1 aromatic carbocycles. The number of sulfone groups is 1. The average molecular weight is 484 g/mol. The van der Waals surface area contributed by atoms with Gasteiger partial charge in [0.2, 0.25) is 15.0 Å². The summed E-state index contributed by atoms with van der Waals surface area (Å²) in [4.78, 5) is 16.6. The van der Waals surface area contributed by atoms with Crippen molar-refractivity contribution in [1.82, 2.24) is 13.9 Å². The third-order valence-electron chi connectivity index (χ3n) is 4.85. The molecule has 0 aliphatic carbocycles. The third-order valence-corrected chi connectivity index (χ3v) is 7.44. The molecule has 0 aliphatic rings. The van der Waals surface area contributed by atoms with Crippen LogP contribution >= 0.6 is 11.5 Å². The number of carbonyl (C=O) groups excluding carboxylic acids is 1. The van der Waals surface area contributed by atoms with E-state index in [9.17, 15) is 18.5 Å². The smallest absolute Gasteiger partial charge is 0.268 e. The van der Waals surface area contributed by atoms with Gasteiger partial charge in [-0.1, -0.05) is 26.0 Å². The number of aromatic nitrogens is 3. The highest BCUT2D eigenvalue weighted by molar-refractivity contribution is 7.91. The summed E-state index contributed by atoms with van der Waals surface area (Å²) in [7, 11) is -3.63. The predicted octanol–water partition coefficient (Wildman–Crippen LogP) is 4.23. The van der Waals surface area contributed by atoms with Gasteiger partial charge in [0.15, 0.2) is 0 Å². The maximum Gasteiger partial charge on any atom is 0.268 e. The van der Waals surface area contributed by atoms with Gasteiger partial charge in [0.1, 0.15) is 11.6 Å². The van der Waals surface area contributed by atoms with Crippen molar-refractivity contribution in [2.24, 2.45) is 5.92 Å². The summed E-state index contributed by atoms with van der Waals surface area (Å²) in [6.07, 6.45) is 1.52. The number of benzene rings is 1. The van der Waals surface area contributed by atoms with Crippen LogP contribution in [0.4, 0.5) is 5.13 Å². The number of hydrogen-bond donors (Lipinski definition) is 1. The van der Waals surface area contributed by atoms with Gasteiger partial charge >= 0.3 is 0 Å². The van der Waals surface area contributed by atoms with Crippen LogP contribution in [0.3, 0.4) is 0 Å². The van der Waals surface area contributed by atoms with E-state index in [-0.39, 0.29) is 27.5 Å². The van der Waals surface area contributed by atoms with Gasteiger partial charge in [0.05, 0.1) is 5.75 Å². The summed E-state index contributed by atoms with van der Waals surface area (Å²) in [5, 5.41) is 11.8. The Hall–Kier alpha value is -3.29. The summed E-state index contributed by atoms with van der Waals surface area (Å²) in [5.41, 5.74) is 4.58. The van der Waals surface area contributed by atoms with Crippen LogP contribution < -0.4 is 5.32 Å². The molecule has 8 nitrogen and oxygen atoms in total. The van der Waals surface area contributed by atoms with Gasteiger partial charge in [-0.2, -0.15) is 14.6 Å². The van der Waals surface area contributed by atoms with E-state index in [1.165, 1.54) is 6.08 Å². The van der Waals surface area contributed by atoms with E-state index in [1.54, 1.807) is 13.8 Å². The van der Waals surface area contributed by atoms with Crippen LogP contribution in [0.1, 0.15) is 36.4 Å². The molecule has 33 heavy (non-hydrogen) atoms. The van der Waals surface area contributed by atoms with Crippen molar-refractivity contribution in [3.05, 3.63) is 58.4 Å². The third kappa shape index (κ3) is 5.56.